The van der Waals surface area contributed by atoms with E-state index in [0.29, 0.717) is 0 Å². The molecule has 0 saturated heterocycles. The molecule has 0 amide bonds. The van der Waals surface area contributed by atoms with Crippen molar-refractivity contribution in [1.82, 2.24) is 4.98 Å². The van der Waals surface area contributed by atoms with Crippen LogP contribution in [0, 0.1) is 3.57 Å². The number of methoxy groups -OCH3 is 1. The molecule has 1 heterocycles. The van der Waals surface area contributed by atoms with Gasteiger partial charge >= 0.3 is 5.97 Å². The van der Waals surface area contributed by atoms with Crippen molar-refractivity contribution in [2.45, 2.75) is 12.8 Å². The quantitative estimate of drug-likeness (QED) is 0.852. The van der Waals surface area contributed by atoms with Crippen molar-refractivity contribution in [2.75, 3.05) is 7.11 Å². The number of hydrogen-bond donors (Lipinski definition) is 1. The van der Waals surface area contributed by atoms with E-state index in [0.717, 1.165) is 6.20 Å². The lowest BCUT2D eigenvalue weighted by atomic mass is 10.2. The van der Waals surface area contributed by atoms with Crippen molar-refractivity contribution in [2.24, 2.45) is 0 Å². The maximum Gasteiger partial charge on any atom is 0.309 e. The number of pyridine rings is 1. The van der Waals surface area contributed by atoms with Gasteiger partial charge in [0.1, 0.15) is 0 Å². The Bertz CT molecular complexity index is 412. The van der Waals surface area contributed by atoms with Gasteiger partial charge < -0.3 is 9.84 Å². The summed E-state index contributed by atoms with van der Waals surface area (Å²) in [7, 11) is 1.29. The number of ether oxygens (including phenoxy) is 1. The lowest BCUT2D eigenvalue weighted by Gasteiger charge is -2.11. The van der Waals surface area contributed by atoms with Crippen molar-refractivity contribution in [1.29, 1.82) is 0 Å². The highest BCUT2D eigenvalue weighted by Crippen LogP contribution is 2.32. The Morgan fingerprint density at radius 1 is 1.69 bits per heavy atom. The molecule has 4 nitrogen and oxygen atoms in total. The SMILES string of the molecule is COc1c(CC(=O)O)ncc(C(F)F)c1I. The van der Waals surface area contributed by atoms with Gasteiger partial charge in [-0.15, -0.1) is 0 Å². The number of carboxylic acids is 1. The second kappa shape index (κ2) is 5.37. The second-order valence-corrected chi connectivity index (χ2v) is 3.96. The van der Waals surface area contributed by atoms with Gasteiger partial charge in [-0.1, -0.05) is 0 Å². The zero-order valence-electron chi connectivity index (χ0n) is 8.21. The molecule has 0 radical (unpaired) electrons. The van der Waals surface area contributed by atoms with Gasteiger partial charge in [-0.25, -0.2) is 8.78 Å². The molecule has 1 aromatic rings. The van der Waals surface area contributed by atoms with E-state index in [9.17, 15) is 13.6 Å². The lowest BCUT2D eigenvalue weighted by molar-refractivity contribution is -0.136. The average Bonchev–Trinajstić information content (AvgIpc) is 2.16. The fourth-order valence-electron chi connectivity index (χ4n) is 1.15. The molecule has 0 unspecified atom stereocenters. The highest BCUT2D eigenvalue weighted by atomic mass is 127. The molecule has 0 aromatic carbocycles. The molecule has 0 fully saturated rings. The number of halogens is 3. The number of rotatable bonds is 4. The normalized spacial score (nSPS) is 10.6. The summed E-state index contributed by atoms with van der Waals surface area (Å²) in [6, 6.07) is 0. The van der Waals surface area contributed by atoms with Gasteiger partial charge in [0.2, 0.25) is 0 Å². The third kappa shape index (κ3) is 2.77. The van der Waals surface area contributed by atoms with Gasteiger partial charge in [-0.3, -0.25) is 9.78 Å². The van der Waals surface area contributed by atoms with E-state index in [-0.39, 0.29) is 27.0 Å². The number of aliphatic carboxylic acids is 1. The molecule has 0 spiro atoms. The third-order valence-corrected chi connectivity index (χ3v) is 2.94. The molecule has 0 bridgehead atoms. The minimum absolute atomic E-state index is 0.0980. The Morgan fingerprint density at radius 3 is 2.75 bits per heavy atom. The van der Waals surface area contributed by atoms with Gasteiger partial charge in [0, 0.05) is 6.20 Å². The minimum atomic E-state index is -2.66. The molecular weight excluding hydrogens is 335 g/mol. The molecule has 1 aromatic heterocycles. The Hall–Kier alpha value is -0.990. The van der Waals surface area contributed by atoms with Crippen molar-refractivity contribution < 1.29 is 23.4 Å². The van der Waals surface area contributed by atoms with Gasteiger partial charge in [-0.05, 0) is 22.6 Å². The smallest absolute Gasteiger partial charge is 0.309 e. The summed E-state index contributed by atoms with van der Waals surface area (Å²) in [5.74, 6) is -0.993. The summed E-state index contributed by atoms with van der Waals surface area (Å²) in [5.41, 5.74) is -0.115. The summed E-state index contributed by atoms with van der Waals surface area (Å²) in [5, 5.41) is 8.61. The number of aromatic nitrogens is 1. The van der Waals surface area contributed by atoms with Crippen LogP contribution in [-0.4, -0.2) is 23.2 Å². The Labute approximate surface area is 104 Å². The van der Waals surface area contributed by atoms with Gasteiger partial charge in [-0.2, -0.15) is 0 Å². The van der Waals surface area contributed by atoms with Crippen LogP contribution >= 0.6 is 22.6 Å². The Morgan fingerprint density at radius 2 is 2.31 bits per heavy atom. The highest BCUT2D eigenvalue weighted by Gasteiger charge is 2.20. The van der Waals surface area contributed by atoms with E-state index < -0.39 is 12.4 Å². The molecule has 0 saturated carbocycles. The van der Waals surface area contributed by atoms with E-state index >= 15 is 0 Å². The average molecular weight is 343 g/mol. The van der Waals surface area contributed by atoms with Crippen LogP contribution in [0.15, 0.2) is 6.20 Å². The molecule has 0 aliphatic rings. The largest absolute Gasteiger partial charge is 0.494 e. The topological polar surface area (TPSA) is 59.4 Å². The number of carboxylic acid groups (broad SMARTS) is 1. The van der Waals surface area contributed by atoms with Crippen molar-refractivity contribution in [3.8, 4) is 5.75 Å². The lowest BCUT2D eigenvalue weighted by Crippen LogP contribution is -2.07. The standard InChI is InChI=1S/C9H8F2INO3/c1-16-8-5(2-6(14)15)13-3-4(7(8)12)9(10)11/h3,9H,2H2,1H3,(H,14,15). The van der Waals surface area contributed by atoms with E-state index in [1.54, 1.807) is 22.6 Å². The first kappa shape index (κ1) is 13.1. The molecule has 0 atom stereocenters. The molecule has 0 aliphatic carbocycles. The van der Waals surface area contributed by atoms with E-state index in [4.69, 9.17) is 9.84 Å². The molecule has 7 heteroatoms. The fourth-order valence-corrected chi connectivity index (χ4v) is 2.06. The van der Waals surface area contributed by atoms with E-state index in [1.807, 2.05) is 0 Å². The van der Waals surface area contributed by atoms with E-state index in [1.165, 1.54) is 7.11 Å². The molecule has 0 aliphatic heterocycles. The zero-order valence-corrected chi connectivity index (χ0v) is 10.4. The number of alkyl halides is 2. The molecular formula is C9H8F2INO3. The molecule has 1 rings (SSSR count). The van der Waals surface area contributed by atoms with Crippen molar-refractivity contribution >= 4 is 28.6 Å². The van der Waals surface area contributed by atoms with Crippen LogP contribution in [0.5, 0.6) is 5.75 Å². The second-order valence-electron chi connectivity index (χ2n) is 2.88. The monoisotopic (exact) mass is 343 g/mol. The molecule has 1 N–H and O–H groups in total. The minimum Gasteiger partial charge on any atom is -0.494 e. The summed E-state index contributed by atoms with van der Waals surface area (Å²) >= 11 is 1.69. The van der Waals surface area contributed by atoms with E-state index in [2.05, 4.69) is 4.98 Å². The first-order chi connectivity index (χ1) is 7.47. The Kier molecular flexibility index (Phi) is 4.39. The van der Waals surface area contributed by atoms with Crippen LogP contribution < -0.4 is 4.74 Å². The predicted molar refractivity (Wildman–Crippen MR) is 59.8 cm³/mol. The van der Waals surface area contributed by atoms with Crippen LogP contribution in [0.2, 0.25) is 0 Å². The zero-order chi connectivity index (χ0) is 12.3. The molecule has 16 heavy (non-hydrogen) atoms. The van der Waals surface area contributed by atoms with Gasteiger partial charge in [0.05, 0.1) is 28.4 Å². The van der Waals surface area contributed by atoms with Crippen molar-refractivity contribution in [3.63, 3.8) is 0 Å². The summed E-state index contributed by atoms with van der Waals surface area (Å²) in [6.45, 7) is 0. The predicted octanol–water partition coefficient (Wildman–Crippen LogP) is 2.26. The highest BCUT2D eigenvalue weighted by molar-refractivity contribution is 14.1. The summed E-state index contributed by atoms with van der Waals surface area (Å²) in [4.78, 5) is 14.2. The van der Waals surface area contributed by atoms with Gasteiger partial charge in [0.25, 0.3) is 6.43 Å². The third-order valence-electron chi connectivity index (χ3n) is 1.83. The van der Waals surface area contributed by atoms with Crippen LogP contribution in [0.3, 0.4) is 0 Å². The maximum absolute atomic E-state index is 12.5. The van der Waals surface area contributed by atoms with Crippen LogP contribution in [0.1, 0.15) is 17.7 Å². The number of carbonyl (C=O) groups is 1. The van der Waals surface area contributed by atoms with Crippen LogP contribution in [0.4, 0.5) is 8.78 Å². The van der Waals surface area contributed by atoms with Crippen molar-refractivity contribution in [3.05, 3.63) is 21.0 Å². The summed E-state index contributed by atoms with van der Waals surface area (Å²) in [6.07, 6.45) is -2.04. The number of nitrogens with zero attached hydrogens (tertiary/aromatic N) is 1. The first-order valence-corrected chi connectivity index (χ1v) is 5.26. The maximum atomic E-state index is 12.5. The summed E-state index contributed by atoms with van der Waals surface area (Å²) < 4.78 is 30.1. The Balaban J connectivity index is 3.23. The molecule has 88 valence electrons. The van der Waals surface area contributed by atoms with Crippen LogP contribution in [0.25, 0.3) is 0 Å². The fraction of sp³-hybridized carbons (Fsp3) is 0.333. The van der Waals surface area contributed by atoms with Gasteiger partial charge in [0.15, 0.2) is 5.75 Å². The number of hydrogen-bond acceptors (Lipinski definition) is 3. The first-order valence-electron chi connectivity index (χ1n) is 4.18. The van der Waals surface area contributed by atoms with Crippen LogP contribution in [-0.2, 0) is 11.2 Å².